The van der Waals surface area contributed by atoms with Crippen LogP contribution in [0.2, 0.25) is 5.02 Å². The Bertz CT molecular complexity index is 1030. The maximum atomic E-state index is 13.4. The molecule has 3 N–H and O–H groups in total. The van der Waals surface area contributed by atoms with Crippen LogP contribution in [0.5, 0.6) is 5.75 Å². The number of terminal acetylenes is 1. The summed E-state index contributed by atoms with van der Waals surface area (Å²) >= 11 is 6.26. The van der Waals surface area contributed by atoms with Gasteiger partial charge in [0.25, 0.3) is 0 Å². The van der Waals surface area contributed by atoms with Crippen molar-refractivity contribution in [3.63, 3.8) is 0 Å². The minimum Gasteiger partial charge on any atom is -0.481 e. The highest BCUT2D eigenvalue weighted by atomic mass is 35.5. The van der Waals surface area contributed by atoms with E-state index in [0.717, 1.165) is 11.1 Å². The minimum atomic E-state index is -0.397. The van der Waals surface area contributed by atoms with Gasteiger partial charge in [-0.15, -0.1) is 6.42 Å². The zero-order valence-corrected chi connectivity index (χ0v) is 15.3. The van der Waals surface area contributed by atoms with Crippen molar-refractivity contribution in [3.05, 3.63) is 65.1 Å². The first kappa shape index (κ1) is 18.6. The third-order valence-corrected chi connectivity index (χ3v) is 4.27. The number of benzene rings is 2. The highest BCUT2D eigenvalue weighted by molar-refractivity contribution is 6.33. The van der Waals surface area contributed by atoms with Crippen LogP contribution >= 0.6 is 11.6 Å². The minimum absolute atomic E-state index is 0.166. The van der Waals surface area contributed by atoms with Crippen LogP contribution < -0.4 is 15.8 Å². The molecule has 0 saturated heterocycles. The van der Waals surface area contributed by atoms with Gasteiger partial charge in [-0.25, -0.2) is 9.37 Å². The molecule has 0 unspecified atom stereocenters. The van der Waals surface area contributed by atoms with Crippen LogP contribution in [-0.2, 0) is 0 Å². The van der Waals surface area contributed by atoms with Crippen LogP contribution in [0.15, 0.2) is 48.7 Å². The Morgan fingerprint density at radius 2 is 2.07 bits per heavy atom. The summed E-state index contributed by atoms with van der Waals surface area (Å²) in [6.07, 6.45) is 6.87. The van der Waals surface area contributed by atoms with E-state index >= 15 is 0 Å². The summed E-state index contributed by atoms with van der Waals surface area (Å²) < 4.78 is 18.8. The summed E-state index contributed by atoms with van der Waals surface area (Å²) in [5.41, 5.74) is 9.64. The van der Waals surface area contributed by atoms with E-state index in [2.05, 4.69) is 16.2 Å². The molecule has 0 fully saturated rings. The summed E-state index contributed by atoms with van der Waals surface area (Å²) in [7, 11) is 0. The number of hydrogen-bond acceptors (Lipinski definition) is 4. The van der Waals surface area contributed by atoms with Crippen molar-refractivity contribution >= 4 is 28.8 Å². The van der Waals surface area contributed by atoms with Crippen molar-refractivity contribution in [1.29, 1.82) is 0 Å². The van der Waals surface area contributed by atoms with Crippen molar-refractivity contribution in [2.45, 2.75) is 6.92 Å². The zero-order valence-electron chi connectivity index (χ0n) is 14.6. The number of aromatic nitrogens is 1. The van der Waals surface area contributed by atoms with E-state index in [9.17, 15) is 4.39 Å². The number of nitrogens with one attached hydrogen (secondary N) is 1. The van der Waals surface area contributed by atoms with Gasteiger partial charge < -0.3 is 15.8 Å². The lowest BCUT2D eigenvalue weighted by Gasteiger charge is -2.16. The van der Waals surface area contributed by atoms with Crippen LogP contribution in [-0.4, -0.2) is 11.6 Å². The molecule has 136 valence electrons. The lowest BCUT2D eigenvalue weighted by molar-refractivity contribution is 0.370. The Kier molecular flexibility index (Phi) is 5.49. The fourth-order valence-electron chi connectivity index (χ4n) is 2.68. The Morgan fingerprint density at radius 3 is 2.78 bits per heavy atom. The van der Waals surface area contributed by atoms with Crippen molar-refractivity contribution in [1.82, 2.24) is 4.98 Å². The summed E-state index contributed by atoms with van der Waals surface area (Å²) in [4.78, 5) is 4.41. The molecule has 4 nitrogen and oxygen atoms in total. The molecule has 0 bridgehead atoms. The number of nitrogens with zero attached hydrogens (tertiary/aromatic N) is 1. The summed E-state index contributed by atoms with van der Waals surface area (Å²) in [5, 5.41) is 3.53. The number of nitrogen functional groups attached to an aromatic ring is 1. The van der Waals surface area contributed by atoms with E-state index in [1.54, 1.807) is 30.5 Å². The maximum absolute atomic E-state index is 13.4. The molecule has 1 heterocycles. The molecule has 0 spiro atoms. The van der Waals surface area contributed by atoms with Crippen molar-refractivity contribution in [2.75, 3.05) is 17.7 Å². The molecular weight excluding hydrogens is 365 g/mol. The fraction of sp³-hybridized carbons (Fsp3) is 0.0952. The Labute approximate surface area is 162 Å². The number of hydrogen-bond donors (Lipinski definition) is 2. The first-order valence-electron chi connectivity index (χ1n) is 8.13. The molecule has 3 rings (SSSR count). The van der Waals surface area contributed by atoms with E-state index in [-0.39, 0.29) is 6.61 Å². The van der Waals surface area contributed by atoms with Crippen molar-refractivity contribution in [2.24, 2.45) is 0 Å². The van der Waals surface area contributed by atoms with E-state index in [4.69, 9.17) is 28.5 Å². The van der Waals surface area contributed by atoms with E-state index in [1.165, 1.54) is 12.1 Å². The first-order valence-corrected chi connectivity index (χ1v) is 8.51. The van der Waals surface area contributed by atoms with Gasteiger partial charge in [0.1, 0.15) is 24.0 Å². The van der Waals surface area contributed by atoms with Crippen molar-refractivity contribution < 1.29 is 9.13 Å². The van der Waals surface area contributed by atoms with E-state index in [1.807, 2.05) is 13.0 Å². The normalized spacial score (nSPS) is 10.3. The second-order valence-electron chi connectivity index (χ2n) is 5.84. The molecule has 0 amide bonds. The molecule has 0 aliphatic carbocycles. The molecule has 0 aliphatic heterocycles. The van der Waals surface area contributed by atoms with Gasteiger partial charge in [0, 0.05) is 23.4 Å². The Balaban J connectivity index is 1.99. The van der Waals surface area contributed by atoms with Gasteiger partial charge >= 0.3 is 0 Å². The van der Waals surface area contributed by atoms with Gasteiger partial charge in [-0.3, -0.25) is 0 Å². The molecule has 2 aromatic carbocycles. The van der Waals surface area contributed by atoms with Gasteiger partial charge in [-0.1, -0.05) is 17.5 Å². The third kappa shape index (κ3) is 4.13. The lowest BCUT2D eigenvalue weighted by atomic mass is 10.0. The van der Waals surface area contributed by atoms with Gasteiger partial charge in [0.05, 0.1) is 16.4 Å². The number of halogens is 2. The molecule has 3 aromatic rings. The second kappa shape index (κ2) is 7.98. The number of aryl methyl sites for hydroxylation is 1. The predicted octanol–water partition coefficient (Wildman–Crippen LogP) is 5.19. The predicted molar refractivity (Wildman–Crippen MR) is 108 cm³/mol. The molecule has 1 aromatic heterocycles. The monoisotopic (exact) mass is 381 g/mol. The highest BCUT2D eigenvalue weighted by Gasteiger charge is 2.15. The quantitative estimate of drug-likeness (QED) is 0.471. The first-order chi connectivity index (χ1) is 13.0. The highest BCUT2D eigenvalue weighted by Crippen LogP contribution is 2.37. The topological polar surface area (TPSA) is 60.2 Å². The SMILES string of the molecule is C#CCOc1ccc(Nc2nccc(C)c2-c2ccc(F)cc2Cl)c(N)c1. The summed E-state index contributed by atoms with van der Waals surface area (Å²) in [6, 6.07) is 11.4. The fourth-order valence-corrected chi connectivity index (χ4v) is 2.94. The van der Waals surface area contributed by atoms with Gasteiger partial charge in [-0.2, -0.15) is 0 Å². The van der Waals surface area contributed by atoms with E-state index < -0.39 is 5.82 Å². The zero-order chi connectivity index (χ0) is 19.4. The van der Waals surface area contributed by atoms with Crippen LogP contribution in [0.25, 0.3) is 11.1 Å². The lowest BCUT2D eigenvalue weighted by Crippen LogP contribution is -2.02. The Hall–Kier alpha value is -3.23. The molecule has 27 heavy (non-hydrogen) atoms. The third-order valence-electron chi connectivity index (χ3n) is 3.96. The van der Waals surface area contributed by atoms with Crippen LogP contribution in [0, 0.1) is 25.1 Å². The maximum Gasteiger partial charge on any atom is 0.148 e. The van der Waals surface area contributed by atoms with Gasteiger partial charge in [0.2, 0.25) is 0 Å². The molecule has 0 aliphatic rings. The standard InChI is InChI=1S/C21H17ClFN3O/c1-3-10-27-15-5-7-19(18(24)12-15)26-21-20(13(2)8-9-25-21)16-6-4-14(23)11-17(16)22/h1,4-9,11-12H,10,24H2,2H3,(H,25,26). The molecule has 6 heteroatoms. The summed E-state index contributed by atoms with van der Waals surface area (Å²) in [6.45, 7) is 2.10. The number of nitrogens with two attached hydrogens (primary N) is 1. The van der Waals surface area contributed by atoms with E-state index in [0.29, 0.717) is 33.5 Å². The number of ether oxygens (including phenoxy) is 1. The largest absolute Gasteiger partial charge is 0.481 e. The molecule has 0 radical (unpaired) electrons. The summed E-state index contributed by atoms with van der Waals surface area (Å²) in [5.74, 6) is 3.15. The smallest absolute Gasteiger partial charge is 0.148 e. The van der Waals surface area contributed by atoms with Gasteiger partial charge in [0.15, 0.2) is 0 Å². The van der Waals surface area contributed by atoms with Crippen molar-refractivity contribution in [3.8, 4) is 29.2 Å². The average Bonchev–Trinajstić information content (AvgIpc) is 2.63. The average molecular weight is 382 g/mol. The van der Waals surface area contributed by atoms with Gasteiger partial charge in [-0.05, 0) is 48.9 Å². The molecular formula is C21H17ClFN3O. The number of rotatable bonds is 5. The van der Waals surface area contributed by atoms with Crippen LogP contribution in [0.1, 0.15) is 5.56 Å². The second-order valence-corrected chi connectivity index (χ2v) is 6.25. The van der Waals surface area contributed by atoms with Crippen LogP contribution in [0.4, 0.5) is 21.6 Å². The number of pyridine rings is 1. The Morgan fingerprint density at radius 1 is 1.26 bits per heavy atom. The number of anilines is 3. The van der Waals surface area contributed by atoms with Crippen LogP contribution in [0.3, 0.4) is 0 Å². The molecule has 0 saturated carbocycles. The molecule has 0 atom stereocenters.